The maximum Gasteiger partial charge on any atom is 0.273 e. The fraction of sp³-hybridized carbons (Fsp3) is 0.444. The lowest BCUT2D eigenvalue weighted by Gasteiger charge is -2.01. The number of hydrogen-bond acceptors (Lipinski definition) is 3. The Morgan fingerprint density at radius 2 is 2.25 bits per heavy atom. The number of hydrogen-bond donors (Lipinski definition) is 1. The Kier molecular flexibility index (Phi) is 4.76. The second-order valence-corrected chi connectivity index (χ2v) is 4.04. The largest absolute Gasteiger partial charge is 0.351 e. The van der Waals surface area contributed by atoms with E-state index in [0.29, 0.717) is 18.0 Å². The first kappa shape index (κ1) is 13.0. The third-order valence-electron chi connectivity index (χ3n) is 1.83. The number of carbonyl (C=O) groups excluding carboxylic acids is 2. The molecule has 0 aliphatic rings. The fourth-order valence-corrected chi connectivity index (χ4v) is 1.52. The molecule has 0 saturated carbocycles. The molecular formula is C9H11Cl2N3O2. The van der Waals surface area contributed by atoms with Crippen LogP contribution in [0.25, 0.3) is 0 Å². The van der Waals surface area contributed by atoms with Crippen LogP contribution >= 0.6 is 23.2 Å². The van der Waals surface area contributed by atoms with Crippen LogP contribution in [0, 0.1) is 0 Å². The quantitative estimate of drug-likeness (QED) is 0.645. The van der Waals surface area contributed by atoms with Crippen LogP contribution < -0.4 is 5.32 Å². The van der Waals surface area contributed by atoms with Crippen molar-refractivity contribution in [1.29, 1.82) is 0 Å². The van der Waals surface area contributed by atoms with Crippen LogP contribution in [0.5, 0.6) is 0 Å². The van der Waals surface area contributed by atoms with Gasteiger partial charge in [0.15, 0.2) is 5.69 Å². The average Bonchev–Trinajstić information content (AvgIpc) is 2.52. The van der Waals surface area contributed by atoms with E-state index in [1.54, 1.807) is 13.2 Å². The number of halogens is 2. The molecule has 0 aromatic carbocycles. The summed E-state index contributed by atoms with van der Waals surface area (Å²) in [5.74, 6) is -0.354. The second-order valence-electron chi connectivity index (χ2n) is 3.21. The molecule has 0 saturated heterocycles. The number of carbonyl (C=O) groups is 2. The van der Waals surface area contributed by atoms with Gasteiger partial charge in [-0.1, -0.05) is 11.6 Å². The number of aryl methyl sites for hydroxylation is 1. The summed E-state index contributed by atoms with van der Waals surface area (Å²) in [6, 6.07) is 0. The van der Waals surface area contributed by atoms with Crippen LogP contribution in [0.2, 0.25) is 5.02 Å². The molecule has 0 aliphatic heterocycles. The molecule has 16 heavy (non-hydrogen) atoms. The average molecular weight is 264 g/mol. The summed E-state index contributed by atoms with van der Waals surface area (Å²) in [6.45, 7) is 0.365. The fourth-order valence-electron chi connectivity index (χ4n) is 1.13. The van der Waals surface area contributed by atoms with E-state index in [0.717, 1.165) is 0 Å². The van der Waals surface area contributed by atoms with Crippen molar-refractivity contribution in [3.05, 3.63) is 16.9 Å². The van der Waals surface area contributed by atoms with Gasteiger partial charge in [-0.05, 0) is 18.0 Å². The number of amides is 1. The smallest absolute Gasteiger partial charge is 0.273 e. The van der Waals surface area contributed by atoms with Crippen LogP contribution in [0.15, 0.2) is 6.20 Å². The van der Waals surface area contributed by atoms with E-state index < -0.39 is 5.24 Å². The van der Waals surface area contributed by atoms with Gasteiger partial charge in [0.05, 0.1) is 5.02 Å². The Bertz CT molecular complexity index is 403. The van der Waals surface area contributed by atoms with Gasteiger partial charge in [0.2, 0.25) is 5.24 Å². The van der Waals surface area contributed by atoms with Gasteiger partial charge < -0.3 is 5.32 Å². The standard InChI is InChI=1S/C9H11Cl2N3O2/c1-14-5-6(10)8(13-14)9(16)12-4-2-3-7(11)15/h5H,2-4H2,1H3,(H,12,16). The molecule has 0 unspecified atom stereocenters. The maximum absolute atomic E-state index is 11.5. The summed E-state index contributed by atoms with van der Waals surface area (Å²) in [5.41, 5.74) is 0.182. The van der Waals surface area contributed by atoms with Gasteiger partial charge in [-0.25, -0.2) is 0 Å². The van der Waals surface area contributed by atoms with Crippen LogP contribution in [0.3, 0.4) is 0 Å². The summed E-state index contributed by atoms with van der Waals surface area (Å²) in [4.78, 5) is 22.0. The third kappa shape index (κ3) is 3.83. The molecule has 0 radical (unpaired) electrons. The molecule has 0 atom stereocenters. The third-order valence-corrected chi connectivity index (χ3v) is 2.30. The van der Waals surface area contributed by atoms with Gasteiger partial charge >= 0.3 is 0 Å². The first-order valence-corrected chi connectivity index (χ1v) is 5.42. The lowest BCUT2D eigenvalue weighted by Crippen LogP contribution is -2.25. The highest BCUT2D eigenvalue weighted by atomic mass is 35.5. The molecule has 0 bridgehead atoms. The highest BCUT2D eigenvalue weighted by molar-refractivity contribution is 6.63. The Morgan fingerprint density at radius 1 is 1.56 bits per heavy atom. The maximum atomic E-state index is 11.5. The SMILES string of the molecule is Cn1cc(Cl)c(C(=O)NCCCC(=O)Cl)n1. The van der Waals surface area contributed by atoms with Crippen molar-refractivity contribution in [2.45, 2.75) is 12.8 Å². The topological polar surface area (TPSA) is 64.0 Å². The van der Waals surface area contributed by atoms with Crippen molar-refractivity contribution in [2.24, 2.45) is 7.05 Å². The van der Waals surface area contributed by atoms with Crippen LogP contribution in [-0.2, 0) is 11.8 Å². The van der Waals surface area contributed by atoms with Crippen molar-refractivity contribution < 1.29 is 9.59 Å². The summed E-state index contributed by atoms with van der Waals surface area (Å²) in [5, 5.41) is 6.39. The summed E-state index contributed by atoms with van der Waals surface area (Å²) in [6.07, 6.45) is 2.27. The molecule has 0 fully saturated rings. The van der Waals surface area contributed by atoms with E-state index in [9.17, 15) is 9.59 Å². The summed E-state index contributed by atoms with van der Waals surface area (Å²) < 4.78 is 1.46. The minimum absolute atomic E-state index is 0.182. The number of nitrogens with one attached hydrogen (secondary N) is 1. The van der Waals surface area contributed by atoms with Crippen molar-refractivity contribution in [2.75, 3.05) is 6.54 Å². The minimum Gasteiger partial charge on any atom is -0.351 e. The van der Waals surface area contributed by atoms with Crippen LogP contribution in [0.1, 0.15) is 23.3 Å². The molecule has 1 heterocycles. The molecule has 1 rings (SSSR count). The van der Waals surface area contributed by atoms with E-state index in [1.165, 1.54) is 4.68 Å². The van der Waals surface area contributed by atoms with E-state index in [-0.39, 0.29) is 18.0 Å². The van der Waals surface area contributed by atoms with Crippen molar-refractivity contribution in [1.82, 2.24) is 15.1 Å². The van der Waals surface area contributed by atoms with Gasteiger partial charge in [0.1, 0.15) is 0 Å². The Labute approximate surface area is 103 Å². The van der Waals surface area contributed by atoms with Gasteiger partial charge in [0, 0.05) is 26.2 Å². The summed E-state index contributed by atoms with van der Waals surface area (Å²) in [7, 11) is 1.68. The van der Waals surface area contributed by atoms with Crippen molar-refractivity contribution in [3.8, 4) is 0 Å². The van der Waals surface area contributed by atoms with Gasteiger partial charge in [-0.15, -0.1) is 0 Å². The van der Waals surface area contributed by atoms with Gasteiger partial charge in [-0.3, -0.25) is 14.3 Å². The molecule has 0 spiro atoms. The first-order valence-electron chi connectivity index (χ1n) is 4.66. The zero-order chi connectivity index (χ0) is 12.1. The normalized spacial score (nSPS) is 10.2. The molecule has 5 nitrogen and oxygen atoms in total. The number of nitrogens with zero attached hydrogens (tertiary/aromatic N) is 2. The monoisotopic (exact) mass is 263 g/mol. The van der Waals surface area contributed by atoms with E-state index in [1.807, 2.05) is 0 Å². The summed E-state index contributed by atoms with van der Waals surface area (Å²) >= 11 is 10.9. The van der Waals surface area contributed by atoms with Crippen molar-refractivity contribution in [3.63, 3.8) is 0 Å². The highest BCUT2D eigenvalue weighted by Crippen LogP contribution is 2.12. The molecule has 7 heteroatoms. The Hall–Kier alpha value is -1.07. The molecule has 1 aromatic rings. The molecule has 1 N–H and O–H groups in total. The number of rotatable bonds is 5. The molecule has 1 aromatic heterocycles. The molecule has 1 amide bonds. The lowest BCUT2D eigenvalue weighted by molar-refractivity contribution is -0.111. The lowest BCUT2D eigenvalue weighted by atomic mass is 10.3. The van der Waals surface area contributed by atoms with Gasteiger partial charge in [0.25, 0.3) is 5.91 Å². The zero-order valence-corrected chi connectivity index (χ0v) is 10.2. The Morgan fingerprint density at radius 3 is 2.75 bits per heavy atom. The van der Waals surface area contributed by atoms with Crippen LogP contribution in [0.4, 0.5) is 0 Å². The first-order chi connectivity index (χ1) is 7.50. The Balaban J connectivity index is 2.41. The molecule has 88 valence electrons. The molecule has 0 aliphatic carbocycles. The van der Waals surface area contributed by atoms with E-state index in [4.69, 9.17) is 23.2 Å². The van der Waals surface area contributed by atoms with Gasteiger partial charge in [-0.2, -0.15) is 5.10 Å². The van der Waals surface area contributed by atoms with E-state index in [2.05, 4.69) is 10.4 Å². The molecular weight excluding hydrogens is 253 g/mol. The second kappa shape index (κ2) is 5.86. The van der Waals surface area contributed by atoms with Crippen molar-refractivity contribution >= 4 is 34.4 Å². The van der Waals surface area contributed by atoms with E-state index >= 15 is 0 Å². The predicted molar refractivity (Wildman–Crippen MR) is 60.6 cm³/mol. The number of aromatic nitrogens is 2. The highest BCUT2D eigenvalue weighted by Gasteiger charge is 2.13. The zero-order valence-electron chi connectivity index (χ0n) is 8.67. The minimum atomic E-state index is -0.412. The van der Waals surface area contributed by atoms with Crippen LogP contribution in [-0.4, -0.2) is 27.5 Å². The predicted octanol–water partition coefficient (Wildman–Crippen LogP) is 1.35.